The van der Waals surface area contributed by atoms with Crippen molar-refractivity contribution in [2.75, 3.05) is 5.73 Å². The number of unbranched alkanes of at least 4 members (excludes halogenated alkanes) is 1. The van der Waals surface area contributed by atoms with E-state index >= 15 is 0 Å². The van der Waals surface area contributed by atoms with Gasteiger partial charge in [-0.05, 0) is 46.5 Å². The molecule has 0 amide bonds. The minimum atomic E-state index is 0.815. The van der Waals surface area contributed by atoms with Gasteiger partial charge >= 0.3 is 0 Å². The molecule has 0 aromatic heterocycles. The van der Waals surface area contributed by atoms with Gasteiger partial charge in [0.25, 0.3) is 0 Å². The molecule has 0 saturated carbocycles. The van der Waals surface area contributed by atoms with Crippen LogP contribution in [0.15, 0.2) is 22.7 Å². The fraction of sp³-hybridized carbons (Fsp3) is 0.400. The summed E-state index contributed by atoms with van der Waals surface area (Å²) in [6.07, 6.45) is 3.63. The maximum atomic E-state index is 5.67. The first-order valence-corrected chi connectivity index (χ1v) is 5.07. The van der Waals surface area contributed by atoms with Crippen molar-refractivity contribution in [1.82, 2.24) is 0 Å². The quantitative estimate of drug-likeness (QED) is 0.788. The Balaban J connectivity index is 2.69. The van der Waals surface area contributed by atoms with E-state index in [0.29, 0.717) is 0 Å². The monoisotopic (exact) mass is 227 g/mol. The molecule has 0 aliphatic rings. The molecular formula is C10H14BrN. The lowest BCUT2D eigenvalue weighted by molar-refractivity contribution is 0.795. The van der Waals surface area contributed by atoms with Crippen molar-refractivity contribution in [3.8, 4) is 0 Å². The van der Waals surface area contributed by atoms with E-state index in [0.717, 1.165) is 16.6 Å². The van der Waals surface area contributed by atoms with Crippen LogP contribution in [0.5, 0.6) is 0 Å². The van der Waals surface area contributed by atoms with Gasteiger partial charge in [0.2, 0.25) is 0 Å². The molecular weight excluding hydrogens is 214 g/mol. The van der Waals surface area contributed by atoms with Crippen LogP contribution in [0.4, 0.5) is 5.69 Å². The summed E-state index contributed by atoms with van der Waals surface area (Å²) in [5, 5.41) is 0. The highest BCUT2D eigenvalue weighted by Gasteiger charge is 1.96. The number of aryl methyl sites for hydroxylation is 1. The van der Waals surface area contributed by atoms with Gasteiger partial charge in [-0.15, -0.1) is 0 Å². The number of nitrogens with two attached hydrogens (primary N) is 1. The number of hydrogen-bond acceptors (Lipinski definition) is 1. The average molecular weight is 228 g/mol. The fourth-order valence-electron chi connectivity index (χ4n) is 1.11. The minimum absolute atomic E-state index is 0.815. The zero-order valence-electron chi connectivity index (χ0n) is 7.31. The minimum Gasteiger partial charge on any atom is -0.398 e. The predicted octanol–water partition coefficient (Wildman–Crippen LogP) is 3.37. The lowest BCUT2D eigenvalue weighted by Crippen LogP contribution is -1.89. The van der Waals surface area contributed by atoms with Gasteiger partial charge in [-0.25, -0.2) is 0 Å². The molecule has 0 unspecified atom stereocenters. The number of nitrogen functional groups attached to an aromatic ring is 1. The van der Waals surface area contributed by atoms with Gasteiger partial charge in [0.05, 0.1) is 0 Å². The van der Waals surface area contributed by atoms with Crippen LogP contribution < -0.4 is 5.73 Å². The van der Waals surface area contributed by atoms with E-state index in [9.17, 15) is 0 Å². The summed E-state index contributed by atoms with van der Waals surface area (Å²) in [5.74, 6) is 0. The van der Waals surface area contributed by atoms with E-state index in [-0.39, 0.29) is 0 Å². The Labute approximate surface area is 82.1 Å². The largest absolute Gasteiger partial charge is 0.398 e. The molecule has 12 heavy (non-hydrogen) atoms. The summed E-state index contributed by atoms with van der Waals surface area (Å²) in [5.41, 5.74) is 7.84. The normalized spacial score (nSPS) is 10.2. The van der Waals surface area contributed by atoms with E-state index in [2.05, 4.69) is 35.0 Å². The molecule has 1 nitrogen and oxygen atoms in total. The first-order valence-electron chi connectivity index (χ1n) is 4.28. The van der Waals surface area contributed by atoms with Gasteiger partial charge in [-0.2, -0.15) is 0 Å². The molecule has 1 aromatic rings. The van der Waals surface area contributed by atoms with Crippen molar-refractivity contribution < 1.29 is 0 Å². The summed E-state index contributed by atoms with van der Waals surface area (Å²) >= 11 is 3.41. The van der Waals surface area contributed by atoms with Crippen LogP contribution in [-0.2, 0) is 6.42 Å². The molecule has 0 spiro atoms. The molecule has 0 aliphatic carbocycles. The molecule has 0 atom stereocenters. The topological polar surface area (TPSA) is 26.0 Å². The van der Waals surface area contributed by atoms with Gasteiger partial charge in [0, 0.05) is 10.2 Å². The average Bonchev–Trinajstić information content (AvgIpc) is 2.07. The third-order valence-electron chi connectivity index (χ3n) is 1.88. The molecule has 0 saturated heterocycles. The Hall–Kier alpha value is -0.500. The highest BCUT2D eigenvalue weighted by atomic mass is 79.9. The number of hydrogen-bond donors (Lipinski definition) is 1. The van der Waals surface area contributed by atoms with E-state index < -0.39 is 0 Å². The molecule has 1 rings (SSSR count). The summed E-state index contributed by atoms with van der Waals surface area (Å²) < 4.78 is 1.01. The first kappa shape index (κ1) is 9.59. The molecule has 1 aromatic carbocycles. The summed E-state index contributed by atoms with van der Waals surface area (Å²) in [4.78, 5) is 0. The molecule has 2 heteroatoms. The molecule has 0 radical (unpaired) electrons. The van der Waals surface area contributed by atoms with E-state index in [1.807, 2.05) is 6.07 Å². The second-order valence-corrected chi connectivity index (χ2v) is 3.81. The zero-order chi connectivity index (χ0) is 8.97. The van der Waals surface area contributed by atoms with Crippen molar-refractivity contribution in [2.45, 2.75) is 26.2 Å². The van der Waals surface area contributed by atoms with Crippen LogP contribution in [0.2, 0.25) is 0 Å². The molecule has 0 bridgehead atoms. The number of rotatable bonds is 3. The van der Waals surface area contributed by atoms with Crippen molar-refractivity contribution in [2.24, 2.45) is 0 Å². The standard InChI is InChI=1S/C10H14BrN/c1-2-3-4-8-5-6-10(12)9(11)7-8/h5-7H,2-4,12H2,1H3. The number of halogens is 1. The summed E-state index contributed by atoms with van der Waals surface area (Å²) in [6.45, 7) is 2.20. The van der Waals surface area contributed by atoms with Crippen LogP contribution >= 0.6 is 15.9 Å². The Morgan fingerprint density at radius 2 is 2.17 bits per heavy atom. The van der Waals surface area contributed by atoms with Crippen LogP contribution in [-0.4, -0.2) is 0 Å². The molecule has 0 fully saturated rings. The van der Waals surface area contributed by atoms with Crippen LogP contribution in [0.25, 0.3) is 0 Å². The van der Waals surface area contributed by atoms with Gasteiger partial charge in [-0.3, -0.25) is 0 Å². The van der Waals surface area contributed by atoms with Crippen LogP contribution in [0.3, 0.4) is 0 Å². The summed E-state index contributed by atoms with van der Waals surface area (Å²) in [6, 6.07) is 6.15. The predicted molar refractivity (Wildman–Crippen MR) is 57.2 cm³/mol. The highest BCUT2D eigenvalue weighted by molar-refractivity contribution is 9.10. The van der Waals surface area contributed by atoms with Crippen molar-refractivity contribution in [1.29, 1.82) is 0 Å². The lowest BCUT2D eigenvalue weighted by Gasteiger charge is -2.02. The lowest BCUT2D eigenvalue weighted by atomic mass is 10.1. The van der Waals surface area contributed by atoms with E-state index in [1.165, 1.54) is 18.4 Å². The van der Waals surface area contributed by atoms with Crippen LogP contribution in [0, 0.1) is 0 Å². The van der Waals surface area contributed by atoms with Gasteiger partial charge in [0.1, 0.15) is 0 Å². The molecule has 2 N–H and O–H groups in total. The first-order chi connectivity index (χ1) is 5.74. The van der Waals surface area contributed by atoms with Gasteiger partial charge < -0.3 is 5.73 Å². The fourth-order valence-corrected chi connectivity index (χ4v) is 1.53. The highest BCUT2D eigenvalue weighted by Crippen LogP contribution is 2.21. The third-order valence-corrected chi connectivity index (χ3v) is 2.57. The Bertz CT molecular complexity index is 258. The Kier molecular flexibility index (Phi) is 3.60. The zero-order valence-corrected chi connectivity index (χ0v) is 8.89. The van der Waals surface area contributed by atoms with Crippen LogP contribution in [0.1, 0.15) is 25.3 Å². The second kappa shape index (κ2) is 4.51. The molecule has 66 valence electrons. The Morgan fingerprint density at radius 1 is 1.42 bits per heavy atom. The van der Waals surface area contributed by atoms with E-state index in [1.54, 1.807) is 0 Å². The second-order valence-electron chi connectivity index (χ2n) is 2.96. The molecule has 0 heterocycles. The third kappa shape index (κ3) is 2.52. The summed E-state index contributed by atoms with van der Waals surface area (Å²) in [7, 11) is 0. The number of anilines is 1. The van der Waals surface area contributed by atoms with Gasteiger partial charge in [-0.1, -0.05) is 19.4 Å². The SMILES string of the molecule is CCCCc1ccc(N)c(Br)c1. The van der Waals surface area contributed by atoms with E-state index in [4.69, 9.17) is 5.73 Å². The maximum absolute atomic E-state index is 5.67. The van der Waals surface area contributed by atoms with Crippen molar-refractivity contribution in [3.63, 3.8) is 0 Å². The Morgan fingerprint density at radius 3 is 2.75 bits per heavy atom. The number of benzene rings is 1. The van der Waals surface area contributed by atoms with Gasteiger partial charge in [0.15, 0.2) is 0 Å². The molecule has 0 aliphatic heterocycles. The smallest absolute Gasteiger partial charge is 0.0458 e. The maximum Gasteiger partial charge on any atom is 0.0458 e. The van der Waals surface area contributed by atoms with Crippen molar-refractivity contribution >= 4 is 21.6 Å². The van der Waals surface area contributed by atoms with Crippen molar-refractivity contribution in [3.05, 3.63) is 28.2 Å².